The minimum atomic E-state index is -0.215. The van der Waals surface area contributed by atoms with Crippen LogP contribution in [0.4, 0.5) is 0 Å². The fourth-order valence-corrected chi connectivity index (χ4v) is 6.65. The van der Waals surface area contributed by atoms with Crippen LogP contribution < -0.4 is 10.0 Å². The van der Waals surface area contributed by atoms with E-state index in [9.17, 15) is 0 Å². The summed E-state index contributed by atoms with van der Waals surface area (Å²) in [6.45, 7) is 16.8. The Morgan fingerprint density at radius 1 is 1.00 bits per heavy atom. The number of ether oxygens (including phenoxy) is 1. The van der Waals surface area contributed by atoms with Gasteiger partial charge in [0, 0.05) is 0 Å². The zero-order valence-corrected chi connectivity index (χ0v) is 17.8. The van der Waals surface area contributed by atoms with E-state index in [-0.39, 0.29) is 7.92 Å². The summed E-state index contributed by atoms with van der Waals surface area (Å²) in [7, 11) is 4.83. The van der Waals surface area contributed by atoms with Gasteiger partial charge in [0.2, 0.25) is 0 Å². The van der Waals surface area contributed by atoms with Crippen molar-refractivity contribution in [2.45, 2.75) is 64.2 Å². The molecule has 0 amide bonds. The van der Waals surface area contributed by atoms with Crippen LogP contribution in [0.15, 0.2) is 24.3 Å². The van der Waals surface area contributed by atoms with Crippen LogP contribution in [0.25, 0.3) is 0 Å². The zero-order valence-electron chi connectivity index (χ0n) is 14.6. The predicted molar refractivity (Wildman–Crippen MR) is 95.4 cm³/mol. The van der Waals surface area contributed by atoms with Crippen molar-refractivity contribution in [3.8, 4) is 5.75 Å². The van der Waals surface area contributed by atoms with Crippen molar-refractivity contribution in [1.29, 1.82) is 0 Å². The van der Waals surface area contributed by atoms with Gasteiger partial charge in [-0.15, -0.1) is 0 Å². The maximum absolute atomic E-state index is 5.52. The van der Waals surface area contributed by atoms with Gasteiger partial charge in [0.25, 0.3) is 0 Å². The quantitative estimate of drug-likeness (QED) is 0.424. The van der Waals surface area contributed by atoms with Gasteiger partial charge in [-0.2, -0.15) is 0 Å². The van der Waals surface area contributed by atoms with E-state index in [0.717, 1.165) is 12.4 Å². The molecule has 0 saturated heterocycles. The molecule has 0 radical (unpaired) electrons. The first-order valence-electron chi connectivity index (χ1n) is 7.13. The third kappa shape index (κ3) is 7.99. The Morgan fingerprint density at radius 3 is 1.67 bits per heavy atom. The molecule has 0 atom stereocenters. The van der Waals surface area contributed by atoms with Crippen LogP contribution in [0.3, 0.4) is 0 Å². The second-order valence-electron chi connectivity index (χ2n) is 6.72. The molecule has 126 valence electrons. The van der Waals surface area contributed by atoms with Crippen LogP contribution in [0.2, 0.25) is 5.40 Å². The first-order valence-corrected chi connectivity index (χ1v) is 12.0. The molecule has 1 aromatic rings. The van der Waals surface area contributed by atoms with Crippen LogP contribution in [0, 0.1) is 0 Å². The van der Waals surface area contributed by atoms with Crippen molar-refractivity contribution >= 4 is 22.8 Å². The summed E-state index contributed by atoms with van der Waals surface area (Å²) in [6.07, 6.45) is 0. The first kappa shape index (κ1) is 21.4. The van der Waals surface area contributed by atoms with Gasteiger partial charge in [-0.05, 0) is 34.7 Å². The molecule has 0 bridgehead atoms. The van der Waals surface area contributed by atoms with Crippen molar-refractivity contribution in [2.24, 2.45) is 0 Å². The molecule has 0 saturated carbocycles. The normalized spacial score (nSPS) is 12.1. The van der Waals surface area contributed by atoms with E-state index < -0.39 is 0 Å². The predicted octanol–water partition coefficient (Wildman–Crippen LogP) is 6.06. The topological polar surface area (TPSA) is 9.23 Å². The molecule has 0 aliphatic heterocycles. The number of hydrogen-bond acceptors (Lipinski definition) is 1. The zero-order chi connectivity index (χ0) is 16.7. The molecule has 0 N–H and O–H groups in total. The Morgan fingerprint density at radius 2 is 1.38 bits per heavy atom. The Kier molecular flexibility index (Phi) is 9.70. The number of rotatable bonds is 3. The van der Waals surface area contributed by atoms with E-state index in [0.29, 0.717) is 27.3 Å². The Balaban J connectivity index is 0.00000122. The second kappa shape index (κ2) is 9.52. The second-order valence-corrected chi connectivity index (χ2v) is 12.6. The molecule has 0 unspecified atom stereocenters. The summed E-state index contributed by atoms with van der Waals surface area (Å²) in [5, 5.41) is 4.05. The molecular weight excluding hydrogens is 393 g/mol. The number of benzene rings is 1. The van der Waals surface area contributed by atoms with Gasteiger partial charge in [-0.25, -0.2) is 0 Å². The van der Waals surface area contributed by atoms with Gasteiger partial charge in [0.1, 0.15) is 5.75 Å². The monoisotopic (exact) mass is 422 g/mol. The van der Waals surface area contributed by atoms with Crippen molar-refractivity contribution in [3.63, 3.8) is 0 Å². The molecule has 0 aliphatic carbocycles. The molecule has 0 heterocycles. The van der Waals surface area contributed by atoms with E-state index in [4.69, 9.17) is 14.3 Å². The molecule has 21 heavy (non-hydrogen) atoms. The maximum atomic E-state index is 5.52. The summed E-state index contributed by atoms with van der Waals surface area (Å²) in [5.74, 6) is 0.971. The average molecular weight is 423 g/mol. The standard InChI is InChI=1S/C16H27OP.CH3.ClH.Pd/c1-8-17-13-9-11-14(12-10-13)18(15(2,3)4)16(5,6)7;;;/h9-12H,8H2,1-7H3;1H3;1H;/q;;;+1/p-1. The van der Waals surface area contributed by atoms with Gasteiger partial charge in [-0.3, -0.25) is 0 Å². The van der Waals surface area contributed by atoms with Gasteiger partial charge < -0.3 is 4.74 Å². The van der Waals surface area contributed by atoms with Gasteiger partial charge in [0.15, 0.2) is 0 Å². The van der Waals surface area contributed by atoms with Crippen molar-refractivity contribution < 1.29 is 21.7 Å². The van der Waals surface area contributed by atoms with Crippen LogP contribution in [0.5, 0.6) is 5.75 Å². The average Bonchev–Trinajstić information content (AvgIpc) is 2.29. The summed E-state index contributed by atoms with van der Waals surface area (Å²) < 4.78 is 5.52. The third-order valence-electron chi connectivity index (χ3n) is 2.75. The molecule has 0 aliphatic rings. The SMILES string of the molecule is CCOc1ccc(P(C(C)(C)C)C(C)(C)C)cc1.[CH3][Pd][Cl]. The molecule has 1 rings (SSSR count). The molecule has 0 spiro atoms. The summed E-state index contributed by atoms with van der Waals surface area (Å²) in [4.78, 5) is 0. The fourth-order valence-electron chi connectivity index (χ4n) is 2.64. The number of hydrogen-bond donors (Lipinski definition) is 0. The Hall–Kier alpha value is 0.402. The molecule has 1 nitrogen and oxygen atoms in total. The van der Waals surface area contributed by atoms with E-state index in [1.165, 1.54) is 5.30 Å². The van der Waals surface area contributed by atoms with Crippen LogP contribution >= 0.6 is 17.5 Å². The van der Waals surface area contributed by atoms with Crippen molar-refractivity contribution in [3.05, 3.63) is 24.3 Å². The van der Waals surface area contributed by atoms with Gasteiger partial charge in [-0.1, -0.05) is 61.6 Å². The summed E-state index contributed by atoms with van der Waals surface area (Å²) >= 11 is 0.422. The molecule has 0 fully saturated rings. The van der Waals surface area contributed by atoms with Crippen LogP contribution in [-0.2, 0) is 17.0 Å². The molecular formula is C17H30ClOPPd. The summed E-state index contributed by atoms with van der Waals surface area (Å²) in [5.41, 5.74) is 0. The molecule has 4 heteroatoms. The Bertz CT molecular complexity index is 379. The van der Waals surface area contributed by atoms with Gasteiger partial charge in [0.05, 0.1) is 6.61 Å². The molecule has 1 aromatic carbocycles. The summed E-state index contributed by atoms with van der Waals surface area (Å²) in [6, 6.07) is 8.69. The molecule has 0 aromatic heterocycles. The van der Waals surface area contributed by atoms with E-state index in [1.54, 1.807) is 0 Å². The minimum absolute atomic E-state index is 0.215. The number of halogens is 1. The van der Waals surface area contributed by atoms with E-state index in [2.05, 4.69) is 65.8 Å². The van der Waals surface area contributed by atoms with Crippen molar-refractivity contribution in [2.75, 3.05) is 6.61 Å². The third-order valence-corrected chi connectivity index (χ3v) is 6.25. The van der Waals surface area contributed by atoms with Gasteiger partial charge >= 0.3 is 31.9 Å². The first-order chi connectivity index (χ1) is 9.57. The van der Waals surface area contributed by atoms with Crippen LogP contribution in [0.1, 0.15) is 48.5 Å². The van der Waals surface area contributed by atoms with E-state index >= 15 is 0 Å². The Labute approximate surface area is 145 Å². The van der Waals surface area contributed by atoms with Crippen LogP contribution in [-0.4, -0.2) is 16.9 Å². The van der Waals surface area contributed by atoms with Crippen molar-refractivity contribution in [1.82, 2.24) is 0 Å². The fraction of sp³-hybridized carbons (Fsp3) is 0.647. The van der Waals surface area contributed by atoms with E-state index in [1.807, 2.05) is 12.3 Å².